The fourth-order valence-electron chi connectivity index (χ4n) is 3.23. The number of rotatable bonds is 6. The lowest BCUT2D eigenvalue weighted by molar-refractivity contribution is 0.735. The van der Waals surface area contributed by atoms with E-state index >= 15 is 0 Å². The number of nitrogens with zero attached hydrogens (tertiary/aromatic N) is 3. The van der Waals surface area contributed by atoms with E-state index in [1.807, 2.05) is 63.2 Å². The van der Waals surface area contributed by atoms with Gasteiger partial charge in [0.05, 0.1) is 18.0 Å². The van der Waals surface area contributed by atoms with E-state index in [2.05, 4.69) is 28.0 Å². The number of hydrogen-bond donors (Lipinski definition) is 1. The first-order valence-electron chi connectivity index (χ1n) is 9.57. The standard InChI is InChI=1S/C24H26N4O/c1-6-20-12-11-16(2)13-23(20)25-15-21-14-24(29)28(19(5)26-21)27-18(4)22-10-8-7-9-17(22)3/h6-14,25H,1,15H2,2-5H3. The van der Waals surface area contributed by atoms with Gasteiger partial charge in [0, 0.05) is 17.3 Å². The minimum Gasteiger partial charge on any atom is -0.379 e. The van der Waals surface area contributed by atoms with Crippen LogP contribution in [0.2, 0.25) is 0 Å². The molecule has 0 aliphatic carbocycles. The van der Waals surface area contributed by atoms with Crippen LogP contribution in [0.1, 0.15) is 40.7 Å². The molecule has 5 nitrogen and oxygen atoms in total. The first-order chi connectivity index (χ1) is 13.9. The van der Waals surface area contributed by atoms with Gasteiger partial charge in [-0.05, 0) is 50.5 Å². The number of anilines is 1. The normalized spacial score (nSPS) is 11.4. The van der Waals surface area contributed by atoms with Gasteiger partial charge >= 0.3 is 0 Å². The highest BCUT2D eigenvalue weighted by molar-refractivity contribution is 5.99. The number of aryl methyl sites for hydroxylation is 3. The van der Waals surface area contributed by atoms with Crippen LogP contribution in [0, 0.1) is 20.8 Å². The zero-order valence-electron chi connectivity index (χ0n) is 17.4. The summed E-state index contributed by atoms with van der Waals surface area (Å²) in [6.45, 7) is 12.1. The van der Waals surface area contributed by atoms with Crippen LogP contribution < -0.4 is 10.9 Å². The summed E-state index contributed by atoms with van der Waals surface area (Å²) in [7, 11) is 0. The fourth-order valence-corrected chi connectivity index (χ4v) is 3.23. The highest BCUT2D eigenvalue weighted by Gasteiger charge is 2.08. The molecule has 0 radical (unpaired) electrons. The van der Waals surface area contributed by atoms with Gasteiger partial charge in [0.2, 0.25) is 0 Å². The van der Waals surface area contributed by atoms with Gasteiger partial charge in [-0.3, -0.25) is 4.79 Å². The second kappa shape index (κ2) is 8.69. The fraction of sp³-hybridized carbons (Fsp3) is 0.208. The second-order valence-corrected chi connectivity index (χ2v) is 7.09. The van der Waals surface area contributed by atoms with E-state index in [0.717, 1.165) is 33.7 Å². The molecule has 0 aliphatic rings. The van der Waals surface area contributed by atoms with Crippen LogP contribution in [0.3, 0.4) is 0 Å². The van der Waals surface area contributed by atoms with Crippen molar-refractivity contribution in [3.63, 3.8) is 0 Å². The second-order valence-electron chi connectivity index (χ2n) is 7.09. The molecule has 1 heterocycles. The third kappa shape index (κ3) is 4.69. The van der Waals surface area contributed by atoms with Crippen LogP contribution in [0.5, 0.6) is 0 Å². The Bertz CT molecular complexity index is 1140. The molecule has 0 saturated heterocycles. The molecule has 1 N–H and O–H groups in total. The molecule has 5 heteroatoms. The van der Waals surface area contributed by atoms with Crippen molar-refractivity contribution in [3.8, 4) is 0 Å². The average Bonchev–Trinajstić information content (AvgIpc) is 2.69. The predicted octanol–water partition coefficient (Wildman–Crippen LogP) is 4.70. The summed E-state index contributed by atoms with van der Waals surface area (Å²) in [6, 6.07) is 15.6. The van der Waals surface area contributed by atoms with Gasteiger partial charge in [0.25, 0.3) is 5.56 Å². The molecule has 148 valence electrons. The summed E-state index contributed by atoms with van der Waals surface area (Å²) in [5.74, 6) is 0.551. The SMILES string of the molecule is C=Cc1ccc(C)cc1NCc1cc(=O)n(N=C(C)c2ccccc2C)c(C)n1. The summed E-state index contributed by atoms with van der Waals surface area (Å²) in [5.41, 5.74) is 6.51. The van der Waals surface area contributed by atoms with Gasteiger partial charge in [0.1, 0.15) is 5.82 Å². The Morgan fingerprint density at radius 2 is 1.93 bits per heavy atom. The van der Waals surface area contributed by atoms with Crippen molar-refractivity contribution in [3.05, 3.63) is 99.2 Å². The molecule has 3 aromatic rings. The first kappa shape index (κ1) is 20.3. The molecule has 0 unspecified atom stereocenters. The molecule has 0 spiro atoms. The van der Waals surface area contributed by atoms with E-state index in [1.165, 1.54) is 10.7 Å². The van der Waals surface area contributed by atoms with Gasteiger partial charge in [-0.2, -0.15) is 9.78 Å². The Kier molecular flexibility index (Phi) is 6.07. The van der Waals surface area contributed by atoms with Gasteiger partial charge in [-0.15, -0.1) is 0 Å². The van der Waals surface area contributed by atoms with Gasteiger partial charge in [0.15, 0.2) is 0 Å². The quantitative estimate of drug-likeness (QED) is 0.625. The minimum absolute atomic E-state index is 0.199. The summed E-state index contributed by atoms with van der Waals surface area (Å²) in [5, 5.41) is 7.86. The molecular weight excluding hydrogens is 360 g/mol. The molecular formula is C24H26N4O. The lowest BCUT2D eigenvalue weighted by atomic mass is 10.1. The molecule has 1 aromatic heterocycles. The summed E-state index contributed by atoms with van der Waals surface area (Å²) in [6.07, 6.45) is 1.81. The Morgan fingerprint density at radius 1 is 1.17 bits per heavy atom. The van der Waals surface area contributed by atoms with Crippen molar-refractivity contribution in [1.29, 1.82) is 0 Å². The third-order valence-corrected chi connectivity index (χ3v) is 4.78. The van der Waals surface area contributed by atoms with Crippen molar-refractivity contribution in [1.82, 2.24) is 9.66 Å². The smallest absolute Gasteiger partial charge is 0.274 e. The first-order valence-corrected chi connectivity index (χ1v) is 9.57. The van der Waals surface area contributed by atoms with Crippen molar-refractivity contribution in [2.24, 2.45) is 5.10 Å². The van der Waals surface area contributed by atoms with Gasteiger partial charge in [-0.25, -0.2) is 4.98 Å². The van der Waals surface area contributed by atoms with Crippen LogP contribution in [-0.4, -0.2) is 15.4 Å². The van der Waals surface area contributed by atoms with Gasteiger partial charge < -0.3 is 5.32 Å². The molecule has 0 atom stereocenters. The average molecular weight is 386 g/mol. The molecule has 0 saturated carbocycles. The number of aromatic nitrogens is 2. The van der Waals surface area contributed by atoms with E-state index in [1.54, 1.807) is 6.92 Å². The molecule has 29 heavy (non-hydrogen) atoms. The molecule has 0 fully saturated rings. The Hall–Kier alpha value is -3.47. The van der Waals surface area contributed by atoms with E-state index in [9.17, 15) is 4.79 Å². The maximum Gasteiger partial charge on any atom is 0.274 e. The van der Waals surface area contributed by atoms with Gasteiger partial charge in [-0.1, -0.05) is 49.1 Å². The minimum atomic E-state index is -0.199. The van der Waals surface area contributed by atoms with E-state index in [-0.39, 0.29) is 5.56 Å². The monoisotopic (exact) mass is 386 g/mol. The maximum absolute atomic E-state index is 12.7. The molecule has 3 rings (SSSR count). The van der Waals surface area contributed by atoms with Crippen molar-refractivity contribution in [2.75, 3.05) is 5.32 Å². The highest BCUT2D eigenvalue weighted by atomic mass is 16.1. The van der Waals surface area contributed by atoms with Crippen LogP contribution in [0.15, 0.2) is 65.0 Å². The van der Waals surface area contributed by atoms with Crippen LogP contribution in [0.25, 0.3) is 6.08 Å². The van der Waals surface area contributed by atoms with E-state index < -0.39 is 0 Å². The largest absolute Gasteiger partial charge is 0.379 e. The highest BCUT2D eigenvalue weighted by Crippen LogP contribution is 2.19. The molecule has 2 aromatic carbocycles. The van der Waals surface area contributed by atoms with Crippen LogP contribution in [-0.2, 0) is 6.54 Å². The lowest BCUT2D eigenvalue weighted by Crippen LogP contribution is -2.23. The number of benzene rings is 2. The Balaban J connectivity index is 1.86. The molecule has 0 bridgehead atoms. The van der Waals surface area contributed by atoms with Crippen molar-refractivity contribution >= 4 is 17.5 Å². The van der Waals surface area contributed by atoms with Crippen molar-refractivity contribution in [2.45, 2.75) is 34.2 Å². The topological polar surface area (TPSA) is 59.3 Å². The third-order valence-electron chi connectivity index (χ3n) is 4.78. The maximum atomic E-state index is 12.7. The zero-order valence-corrected chi connectivity index (χ0v) is 17.4. The van der Waals surface area contributed by atoms with Crippen LogP contribution >= 0.6 is 0 Å². The lowest BCUT2D eigenvalue weighted by Gasteiger charge is -2.12. The molecule has 0 aliphatic heterocycles. The van der Waals surface area contributed by atoms with E-state index in [4.69, 9.17) is 0 Å². The summed E-state index contributed by atoms with van der Waals surface area (Å²) >= 11 is 0. The zero-order chi connectivity index (χ0) is 21.0. The van der Waals surface area contributed by atoms with Crippen molar-refractivity contribution < 1.29 is 0 Å². The summed E-state index contributed by atoms with van der Waals surface area (Å²) in [4.78, 5) is 17.2. The predicted molar refractivity (Wildman–Crippen MR) is 121 cm³/mol. The van der Waals surface area contributed by atoms with Crippen LogP contribution in [0.4, 0.5) is 5.69 Å². The number of nitrogens with one attached hydrogen (secondary N) is 1. The Morgan fingerprint density at radius 3 is 2.62 bits per heavy atom. The van der Waals surface area contributed by atoms with E-state index in [0.29, 0.717) is 18.1 Å². The summed E-state index contributed by atoms with van der Waals surface area (Å²) < 4.78 is 1.35. The molecule has 0 amide bonds. The number of hydrogen-bond acceptors (Lipinski definition) is 4. The Labute approximate surface area is 171 Å².